The molecule has 0 saturated heterocycles. The van der Waals surface area contributed by atoms with Crippen molar-refractivity contribution >= 4 is 5.84 Å². The van der Waals surface area contributed by atoms with Crippen molar-refractivity contribution in [2.75, 3.05) is 27.2 Å². The van der Waals surface area contributed by atoms with Gasteiger partial charge in [0.2, 0.25) is 0 Å². The van der Waals surface area contributed by atoms with Crippen LogP contribution in [0.2, 0.25) is 0 Å². The first-order valence-electron chi connectivity index (χ1n) is 5.77. The highest BCUT2D eigenvalue weighted by Gasteiger charge is 2.03. The fraction of sp³-hybridized carbons (Fsp3) is 0.909. The van der Waals surface area contributed by atoms with Crippen LogP contribution in [0.3, 0.4) is 0 Å². The summed E-state index contributed by atoms with van der Waals surface area (Å²) in [6.45, 7) is 11.0. The van der Waals surface area contributed by atoms with Crippen molar-refractivity contribution in [1.29, 1.82) is 0 Å². The van der Waals surface area contributed by atoms with Crippen molar-refractivity contribution in [2.24, 2.45) is 10.3 Å². The van der Waals surface area contributed by atoms with Crippen LogP contribution in [0.1, 0.15) is 34.6 Å². The molecule has 5 heteroatoms. The van der Waals surface area contributed by atoms with Gasteiger partial charge in [0, 0.05) is 26.7 Å². The minimum Gasteiger partial charge on any atom is -0.360 e. The van der Waals surface area contributed by atoms with Crippen LogP contribution in [0.25, 0.3) is 0 Å². The van der Waals surface area contributed by atoms with Crippen molar-refractivity contribution in [3.63, 3.8) is 0 Å². The maximum absolute atomic E-state index is 9.94. The molecular formula is C11H26N4O. The topological polar surface area (TPSA) is 48.3 Å². The Kier molecular flexibility index (Phi) is 11.2. The third-order valence-corrected chi connectivity index (χ3v) is 2.13. The minimum absolute atomic E-state index is 0.300. The standard InChI is InChI=1S/C9H20N4O.C2H6/c1-8(2)13(5)11-9(3)12(4)7-6-10-14;1-2/h8H,6-7H2,1-5H3;1-2H3/b11-9+;. The van der Waals surface area contributed by atoms with E-state index in [-0.39, 0.29) is 0 Å². The molecule has 0 bridgehead atoms. The van der Waals surface area contributed by atoms with Crippen LogP contribution in [0, 0.1) is 4.91 Å². The molecule has 0 saturated carbocycles. The summed E-state index contributed by atoms with van der Waals surface area (Å²) in [4.78, 5) is 11.9. The van der Waals surface area contributed by atoms with E-state index in [0.29, 0.717) is 19.1 Å². The van der Waals surface area contributed by atoms with Gasteiger partial charge in [-0.15, -0.1) is 0 Å². The molecule has 0 rings (SSSR count). The van der Waals surface area contributed by atoms with Gasteiger partial charge in [0.15, 0.2) is 0 Å². The Balaban J connectivity index is 0. The number of amidine groups is 1. The van der Waals surface area contributed by atoms with E-state index in [4.69, 9.17) is 0 Å². The van der Waals surface area contributed by atoms with Crippen LogP contribution >= 0.6 is 0 Å². The zero-order chi connectivity index (χ0) is 13.1. The number of hydrogen-bond acceptors (Lipinski definition) is 4. The average Bonchev–Trinajstić information content (AvgIpc) is 2.28. The summed E-state index contributed by atoms with van der Waals surface area (Å²) < 4.78 is 0. The smallest absolute Gasteiger partial charge is 0.121 e. The predicted molar refractivity (Wildman–Crippen MR) is 70.6 cm³/mol. The Morgan fingerprint density at radius 2 is 1.75 bits per heavy atom. The number of nitroso groups, excluding NO2 is 1. The largest absolute Gasteiger partial charge is 0.360 e. The Bertz CT molecular complexity index is 204. The molecular weight excluding hydrogens is 204 g/mol. The van der Waals surface area contributed by atoms with E-state index in [9.17, 15) is 4.91 Å². The second kappa shape index (κ2) is 10.4. The van der Waals surface area contributed by atoms with Crippen LogP contribution in [0.4, 0.5) is 0 Å². The maximum Gasteiger partial charge on any atom is 0.121 e. The molecule has 16 heavy (non-hydrogen) atoms. The van der Waals surface area contributed by atoms with Crippen molar-refractivity contribution in [1.82, 2.24) is 9.91 Å². The molecule has 0 spiro atoms. The van der Waals surface area contributed by atoms with Gasteiger partial charge in [-0.3, -0.25) is 5.01 Å². The Morgan fingerprint density at radius 1 is 1.25 bits per heavy atom. The molecule has 0 fully saturated rings. The number of rotatable bonds is 5. The van der Waals surface area contributed by atoms with Crippen molar-refractivity contribution in [3.8, 4) is 0 Å². The lowest BCUT2D eigenvalue weighted by Crippen LogP contribution is -2.31. The Morgan fingerprint density at radius 3 is 2.12 bits per heavy atom. The normalized spacial score (nSPS) is 10.6. The molecule has 0 N–H and O–H groups in total. The molecule has 0 aromatic carbocycles. The van der Waals surface area contributed by atoms with Gasteiger partial charge in [0.05, 0.1) is 6.54 Å². The predicted octanol–water partition coefficient (Wildman–Crippen LogP) is 2.38. The molecule has 0 aliphatic carbocycles. The first-order valence-corrected chi connectivity index (χ1v) is 5.77. The lowest BCUT2D eigenvalue weighted by molar-refractivity contribution is 0.281. The molecule has 0 amide bonds. The van der Waals surface area contributed by atoms with Gasteiger partial charge >= 0.3 is 0 Å². The molecule has 0 aliphatic heterocycles. The van der Waals surface area contributed by atoms with Gasteiger partial charge in [-0.1, -0.05) is 19.0 Å². The number of hydrazone groups is 1. The molecule has 0 aliphatic rings. The summed E-state index contributed by atoms with van der Waals surface area (Å²) in [5.41, 5.74) is 0. The molecule has 0 unspecified atom stereocenters. The Labute approximate surface area is 99.5 Å². The number of likely N-dealkylation sites (N-methyl/N-ethyl adjacent to an activating group) is 1. The third kappa shape index (κ3) is 8.20. The van der Waals surface area contributed by atoms with E-state index >= 15 is 0 Å². The van der Waals surface area contributed by atoms with Crippen LogP contribution in [0.5, 0.6) is 0 Å². The zero-order valence-electron chi connectivity index (χ0n) is 11.7. The second-order valence-corrected chi connectivity index (χ2v) is 3.59. The van der Waals surface area contributed by atoms with Gasteiger partial charge in [0.25, 0.3) is 0 Å². The highest BCUT2D eigenvalue weighted by atomic mass is 16.3. The van der Waals surface area contributed by atoms with E-state index in [1.807, 2.05) is 44.8 Å². The van der Waals surface area contributed by atoms with Gasteiger partial charge < -0.3 is 4.90 Å². The lowest BCUT2D eigenvalue weighted by atomic mass is 10.4. The van der Waals surface area contributed by atoms with Gasteiger partial charge in [0.1, 0.15) is 5.84 Å². The van der Waals surface area contributed by atoms with E-state index in [1.54, 1.807) is 0 Å². The van der Waals surface area contributed by atoms with E-state index < -0.39 is 0 Å². The van der Waals surface area contributed by atoms with E-state index in [0.717, 1.165) is 5.84 Å². The minimum atomic E-state index is 0.300. The summed E-state index contributed by atoms with van der Waals surface area (Å²) in [6, 6.07) is 0.377. The summed E-state index contributed by atoms with van der Waals surface area (Å²) in [5, 5.41) is 9.06. The maximum atomic E-state index is 9.94. The summed E-state index contributed by atoms with van der Waals surface area (Å²) >= 11 is 0. The van der Waals surface area contributed by atoms with E-state index in [2.05, 4.69) is 24.1 Å². The summed E-state index contributed by atoms with van der Waals surface area (Å²) in [5.74, 6) is 0.893. The number of nitrogens with zero attached hydrogens (tertiary/aromatic N) is 4. The van der Waals surface area contributed by atoms with Crippen LogP contribution in [-0.2, 0) is 0 Å². The van der Waals surface area contributed by atoms with Crippen molar-refractivity contribution in [2.45, 2.75) is 40.7 Å². The zero-order valence-corrected chi connectivity index (χ0v) is 11.7. The first kappa shape index (κ1) is 17.3. The van der Waals surface area contributed by atoms with Crippen LogP contribution < -0.4 is 0 Å². The van der Waals surface area contributed by atoms with Crippen molar-refractivity contribution < 1.29 is 0 Å². The summed E-state index contributed by atoms with van der Waals surface area (Å²) in [7, 11) is 3.83. The molecule has 0 atom stereocenters. The van der Waals surface area contributed by atoms with Crippen LogP contribution in [0.15, 0.2) is 10.3 Å². The third-order valence-electron chi connectivity index (χ3n) is 2.13. The van der Waals surface area contributed by atoms with Crippen molar-refractivity contribution in [3.05, 3.63) is 4.91 Å². The molecule has 0 aromatic heterocycles. The molecule has 0 radical (unpaired) electrons. The molecule has 96 valence electrons. The summed E-state index contributed by atoms with van der Waals surface area (Å²) in [6.07, 6.45) is 0. The highest BCUT2D eigenvalue weighted by molar-refractivity contribution is 5.79. The van der Waals surface area contributed by atoms with Gasteiger partial charge in [-0.25, -0.2) is 0 Å². The molecule has 0 aromatic rings. The van der Waals surface area contributed by atoms with Crippen LogP contribution in [-0.4, -0.2) is 49.0 Å². The number of hydrogen-bond donors (Lipinski definition) is 0. The van der Waals surface area contributed by atoms with Gasteiger partial charge in [-0.2, -0.15) is 10.0 Å². The first-order chi connectivity index (χ1) is 7.49. The monoisotopic (exact) mass is 230 g/mol. The molecule has 5 nitrogen and oxygen atoms in total. The van der Waals surface area contributed by atoms with Gasteiger partial charge in [-0.05, 0) is 20.8 Å². The molecule has 0 heterocycles. The second-order valence-electron chi connectivity index (χ2n) is 3.59. The fourth-order valence-electron chi connectivity index (χ4n) is 0.773. The fourth-order valence-corrected chi connectivity index (χ4v) is 0.773. The average molecular weight is 230 g/mol. The Hall–Kier alpha value is -1.13. The highest BCUT2D eigenvalue weighted by Crippen LogP contribution is 1.96. The quantitative estimate of drug-likeness (QED) is 0.315. The SMILES string of the molecule is C/C(=N\N(C)C(C)C)N(C)CCN=O.CC. The van der Waals surface area contributed by atoms with E-state index in [1.165, 1.54) is 0 Å². The lowest BCUT2D eigenvalue weighted by Gasteiger charge is -2.22.